The summed E-state index contributed by atoms with van der Waals surface area (Å²) in [5, 5.41) is 14.9. The van der Waals surface area contributed by atoms with E-state index in [1.807, 2.05) is 24.3 Å². The summed E-state index contributed by atoms with van der Waals surface area (Å²) in [6.07, 6.45) is 0. The smallest absolute Gasteiger partial charge is 0.319 e. The lowest BCUT2D eigenvalue weighted by Gasteiger charge is -2.11. The van der Waals surface area contributed by atoms with E-state index in [0.29, 0.717) is 24.6 Å². The van der Waals surface area contributed by atoms with Crippen molar-refractivity contribution >= 4 is 11.7 Å². The van der Waals surface area contributed by atoms with Gasteiger partial charge in [0.15, 0.2) is 0 Å². The SMILES string of the molecule is O=C(NCc1ccccc1CO)Nc1cccc(OCc2ccc(F)cc2)c1. The van der Waals surface area contributed by atoms with E-state index >= 15 is 0 Å². The van der Waals surface area contributed by atoms with Crippen LogP contribution in [0, 0.1) is 5.82 Å². The largest absolute Gasteiger partial charge is 0.489 e. The van der Waals surface area contributed by atoms with Crippen LogP contribution in [0.4, 0.5) is 14.9 Å². The Balaban J connectivity index is 1.53. The van der Waals surface area contributed by atoms with Gasteiger partial charge in [-0.15, -0.1) is 0 Å². The molecule has 0 heterocycles. The molecule has 28 heavy (non-hydrogen) atoms. The van der Waals surface area contributed by atoms with Gasteiger partial charge in [0.1, 0.15) is 18.2 Å². The Morgan fingerprint density at radius 2 is 1.71 bits per heavy atom. The lowest BCUT2D eigenvalue weighted by atomic mass is 10.1. The van der Waals surface area contributed by atoms with E-state index in [2.05, 4.69) is 10.6 Å². The van der Waals surface area contributed by atoms with Gasteiger partial charge in [-0.1, -0.05) is 42.5 Å². The zero-order valence-electron chi connectivity index (χ0n) is 15.2. The van der Waals surface area contributed by atoms with Crippen LogP contribution >= 0.6 is 0 Å². The molecule has 0 aliphatic rings. The van der Waals surface area contributed by atoms with Gasteiger partial charge in [-0.3, -0.25) is 0 Å². The third-order valence-electron chi connectivity index (χ3n) is 4.14. The van der Waals surface area contributed by atoms with Crippen molar-refractivity contribution in [3.8, 4) is 5.75 Å². The summed E-state index contributed by atoms with van der Waals surface area (Å²) in [6, 6.07) is 20.1. The number of carbonyl (C=O) groups is 1. The van der Waals surface area contributed by atoms with E-state index in [1.54, 1.807) is 36.4 Å². The average molecular weight is 380 g/mol. The van der Waals surface area contributed by atoms with Gasteiger partial charge in [0, 0.05) is 18.3 Å². The first-order chi connectivity index (χ1) is 13.6. The number of halogens is 1. The number of hydrogen-bond acceptors (Lipinski definition) is 3. The molecule has 0 radical (unpaired) electrons. The molecular weight excluding hydrogens is 359 g/mol. The number of amides is 2. The Morgan fingerprint density at radius 3 is 2.46 bits per heavy atom. The molecule has 0 saturated carbocycles. The van der Waals surface area contributed by atoms with E-state index in [0.717, 1.165) is 16.7 Å². The molecule has 0 aromatic heterocycles. The number of aliphatic hydroxyl groups excluding tert-OH is 1. The van der Waals surface area contributed by atoms with Gasteiger partial charge in [0.25, 0.3) is 0 Å². The molecule has 0 saturated heterocycles. The average Bonchev–Trinajstić information content (AvgIpc) is 2.72. The normalized spacial score (nSPS) is 10.4. The Bertz CT molecular complexity index is 929. The summed E-state index contributed by atoms with van der Waals surface area (Å²) >= 11 is 0. The predicted molar refractivity (Wildman–Crippen MR) is 105 cm³/mol. The molecule has 3 aromatic carbocycles. The van der Waals surface area contributed by atoms with Crippen LogP contribution in [0.3, 0.4) is 0 Å². The van der Waals surface area contributed by atoms with Gasteiger partial charge in [0.05, 0.1) is 6.61 Å². The zero-order chi connectivity index (χ0) is 19.8. The molecule has 5 nitrogen and oxygen atoms in total. The molecule has 2 amide bonds. The minimum atomic E-state index is -0.358. The Hall–Kier alpha value is -3.38. The number of ether oxygens (including phenoxy) is 1. The van der Waals surface area contributed by atoms with Crippen LogP contribution in [0.15, 0.2) is 72.8 Å². The molecule has 0 fully saturated rings. The Labute approximate surface area is 162 Å². The number of rotatable bonds is 7. The highest BCUT2D eigenvalue weighted by Crippen LogP contribution is 2.19. The van der Waals surface area contributed by atoms with Crippen LogP contribution in [0.25, 0.3) is 0 Å². The first-order valence-corrected chi connectivity index (χ1v) is 8.84. The molecule has 6 heteroatoms. The highest BCUT2D eigenvalue weighted by molar-refractivity contribution is 5.89. The quantitative estimate of drug-likeness (QED) is 0.575. The van der Waals surface area contributed by atoms with E-state index in [4.69, 9.17) is 4.74 Å². The summed E-state index contributed by atoms with van der Waals surface area (Å²) in [4.78, 5) is 12.1. The van der Waals surface area contributed by atoms with Crippen LogP contribution in [-0.4, -0.2) is 11.1 Å². The van der Waals surface area contributed by atoms with Gasteiger partial charge in [-0.2, -0.15) is 0 Å². The molecule has 0 spiro atoms. The minimum absolute atomic E-state index is 0.0765. The van der Waals surface area contributed by atoms with E-state index < -0.39 is 0 Å². The van der Waals surface area contributed by atoms with Gasteiger partial charge in [-0.25, -0.2) is 9.18 Å². The third kappa shape index (κ3) is 5.56. The van der Waals surface area contributed by atoms with Crippen molar-refractivity contribution in [1.29, 1.82) is 0 Å². The minimum Gasteiger partial charge on any atom is -0.489 e. The standard InChI is InChI=1S/C22H21FN2O3/c23-19-10-8-16(9-11-19)15-28-21-7-3-6-20(12-21)25-22(27)24-13-17-4-1-2-5-18(17)14-26/h1-12,26H,13-15H2,(H2,24,25,27). The zero-order valence-corrected chi connectivity index (χ0v) is 15.2. The summed E-state index contributed by atoms with van der Waals surface area (Å²) in [5.41, 5.74) is 3.07. The summed E-state index contributed by atoms with van der Waals surface area (Å²) < 4.78 is 18.6. The summed E-state index contributed by atoms with van der Waals surface area (Å²) in [7, 11) is 0. The number of nitrogens with one attached hydrogen (secondary N) is 2. The van der Waals surface area contributed by atoms with Gasteiger partial charge >= 0.3 is 6.03 Å². The maximum absolute atomic E-state index is 12.9. The predicted octanol–water partition coefficient (Wildman–Crippen LogP) is 4.22. The maximum Gasteiger partial charge on any atom is 0.319 e. The number of urea groups is 1. The van der Waals surface area contributed by atoms with Crippen LogP contribution in [0.1, 0.15) is 16.7 Å². The molecular formula is C22H21FN2O3. The van der Waals surface area contributed by atoms with Gasteiger partial charge in [0.2, 0.25) is 0 Å². The van der Waals surface area contributed by atoms with Crippen molar-refractivity contribution in [2.75, 3.05) is 5.32 Å². The van der Waals surface area contributed by atoms with Crippen molar-refractivity contribution in [1.82, 2.24) is 5.32 Å². The Kier molecular flexibility index (Phi) is 6.59. The first kappa shape index (κ1) is 19.4. The van der Waals surface area contributed by atoms with Crippen LogP contribution in [0.2, 0.25) is 0 Å². The molecule has 0 atom stereocenters. The molecule has 0 unspecified atom stereocenters. The lowest BCUT2D eigenvalue weighted by molar-refractivity contribution is 0.251. The molecule has 144 valence electrons. The monoisotopic (exact) mass is 380 g/mol. The summed E-state index contributed by atoms with van der Waals surface area (Å²) in [6.45, 7) is 0.532. The van der Waals surface area contributed by atoms with E-state index in [1.165, 1.54) is 12.1 Å². The number of carbonyl (C=O) groups excluding carboxylic acids is 1. The third-order valence-corrected chi connectivity index (χ3v) is 4.14. The number of aliphatic hydroxyl groups is 1. The number of hydrogen-bond donors (Lipinski definition) is 3. The Morgan fingerprint density at radius 1 is 0.964 bits per heavy atom. The van der Waals surface area contributed by atoms with Crippen LogP contribution < -0.4 is 15.4 Å². The van der Waals surface area contributed by atoms with Crippen molar-refractivity contribution in [3.05, 3.63) is 95.3 Å². The molecule has 3 rings (SSSR count). The molecule has 0 aliphatic heterocycles. The number of anilines is 1. The van der Waals surface area contributed by atoms with Gasteiger partial charge in [-0.05, 0) is 41.0 Å². The second kappa shape index (κ2) is 9.53. The van der Waals surface area contributed by atoms with Crippen molar-refractivity contribution in [3.63, 3.8) is 0 Å². The fourth-order valence-corrected chi connectivity index (χ4v) is 2.65. The summed E-state index contributed by atoms with van der Waals surface area (Å²) in [5.74, 6) is 0.301. The topological polar surface area (TPSA) is 70.6 Å². The molecule has 3 aromatic rings. The van der Waals surface area contributed by atoms with Crippen LogP contribution in [-0.2, 0) is 19.8 Å². The van der Waals surface area contributed by atoms with E-state index in [9.17, 15) is 14.3 Å². The van der Waals surface area contributed by atoms with Crippen LogP contribution in [0.5, 0.6) is 5.75 Å². The second-order valence-corrected chi connectivity index (χ2v) is 6.18. The fourth-order valence-electron chi connectivity index (χ4n) is 2.65. The number of benzene rings is 3. The van der Waals surface area contributed by atoms with Gasteiger partial charge < -0.3 is 20.5 Å². The molecule has 0 aliphatic carbocycles. The fraction of sp³-hybridized carbons (Fsp3) is 0.136. The molecule has 0 bridgehead atoms. The van der Waals surface area contributed by atoms with E-state index in [-0.39, 0.29) is 18.5 Å². The highest BCUT2D eigenvalue weighted by atomic mass is 19.1. The lowest BCUT2D eigenvalue weighted by Crippen LogP contribution is -2.28. The first-order valence-electron chi connectivity index (χ1n) is 8.84. The van der Waals surface area contributed by atoms with Crippen molar-refractivity contribution in [2.24, 2.45) is 0 Å². The highest BCUT2D eigenvalue weighted by Gasteiger charge is 2.06. The molecule has 3 N–H and O–H groups in total. The second-order valence-electron chi connectivity index (χ2n) is 6.18. The van der Waals surface area contributed by atoms with Crippen molar-refractivity contribution in [2.45, 2.75) is 19.8 Å². The van der Waals surface area contributed by atoms with Crippen molar-refractivity contribution < 1.29 is 19.0 Å². The maximum atomic E-state index is 12.9.